The van der Waals surface area contributed by atoms with E-state index in [2.05, 4.69) is 5.43 Å². The molecule has 2 nitrogen and oxygen atoms in total. The fraction of sp³-hybridized carbons (Fsp3) is 0.200. The Labute approximate surface area is 121 Å². The molecule has 0 aliphatic heterocycles. The van der Waals surface area contributed by atoms with Crippen LogP contribution >= 0.6 is 11.8 Å². The SMILES string of the molecule is Cc1cc(F)cc(C(CSc2ccccc2F)NN)c1. The number of halogens is 2. The molecule has 20 heavy (non-hydrogen) atoms. The van der Waals surface area contributed by atoms with E-state index < -0.39 is 0 Å². The Kier molecular flexibility index (Phi) is 5.11. The topological polar surface area (TPSA) is 38.0 Å². The maximum atomic E-state index is 13.5. The third-order valence-electron chi connectivity index (χ3n) is 2.91. The molecule has 0 amide bonds. The summed E-state index contributed by atoms with van der Waals surface area (Å²) in [5, 5.41) is 0. The second-order valence-corrected chi connectivity index (χ2v) is 5.58. The first-order valence-corrected chi connectivity index (χ1v) is 7.19. The Morgan fingerprint density at radius 2 is 1.95 bits per heavy atom. The molecule has 5 heteroatoms. The molecule has 2 rings (SSSR count). The molecule has 0 aromatic heterocycles. The number of hydrazine groups is 1. The summed E-state index contributed by atoms with van der Waals surface area (Å²) in [6, 6.07) is 11.1. The van der Waals surface area contributed by atoms with Gasteiger partial charge >= 0.3 is 0 Å². The molecular formula is C15H16F2N2S. The third-order valence-corrected chi connectivity index (χ3v) is 4.05. The standard InChI is InChI=1S/C15H16F2N2S/c1-10-6-11(8-12(16)7-10)14(19-18)9-20-15-5-3-2-4-13(15)17/h2-8,14,19H,9,18H2,1H3. The predicted molar refractivity (Wildman–Crippen MR) is 78.3 cm³/mol. The van der Waals surface area contributed by atoms with Crippen LogP contribution in [0.15, 0.2) is 47.4 Å². The van der Waals surface area contributed by atoms with Crippen LogP contribution < -0.4 is 11.3 Å². The number of rotatable bonds is 5. The summed E-state index contributed by atoms with van der Waals surface area (Å²) in [7, 11) is 0. The number of aryl methyl sites for hydroxylation is 1. The first-order valence-electron chi connectivity index (χ1n) is 6.20. The van der Waals surface area contributed by atoms with Gasteiger partial charge in [-0.15, -0.1) is 11.8 Å². The van der Waals surface area contributed by atoms with E-state index in [0.29, 0.717) is 10.6 Å². The minimum absolute atomic E-state index is 0.242. The number of thioether (sulfide) groups is 1. The fourth-order valence-electron chi connectivity index (χ4n) is 1.94. The van der Waals surface area contributed by atoms with Crippen LogP contribution in [0.4, 0.5) is 8.78 Å². The van der Waals surface area contributed by atoms with E-state index in [4.69, 9.17) is 5.84 Å². The van der Waals surface area contributed by atoms with Crippen molar-refractivity contribution in [3.63, 3.8) is 0 Å². The van der Waals surface area contributed by atoms with Crippen molar-refractivity contribution in [3.8, 4) is 0 Å². The number of hydrogen-bond acceptors (Lipinski definition) is 3. The van der Waals surface area contributed by atoms with Crippen LogP contribution in [-0.4, -0.2) is 5.75 Å². The van der Waals surface area contributed by atoms with Crippen LogP contribution in [0.5, 0.6) is 0 Å². The normalized spacial score (nSPS) is 12.4. The Balaban J connectivity index is 2.11. The van der Waals surface area contributed by atoms with E-state index >= 15 is 0 Å². The van der Waals surface area contributed by atoms with Crippen LogP contribution in [0, 0.1) is 18.6 Å². The Bertz CT molecular complexity index is 570. The summed E-state index contributed by atoms with van der Waals surface area (Å²) in [6.07, 6.45) is 0. The van der Waals surface area contributed by atoms with E-state index in [1.54, 1.807) is 18.2 Å². The number of benzene rings is 2. The van der Waals surface area contributed by atoms with E-state index in [-0.39, 0.29) is 17.7 Å². The summed E-state index contributed by atoms with van der Waals surface area (Å²) < 4.78 is 27.0. The maximum absolute atomic E-state index is 13.5. The molecule has 0 aliphatic carbocycles. The van der Waals surface area contributed by atoms with Gasteiger partial charge in [0.15, 0.2) is 0 Å². The summed E-state index contributed by atoms with van der Waals surface area (Å²) in [6.45, 7) is 1.82. The molecule has 2 aromatic carbocycles. The minimum Gasteiger partial charge on any atom is -0.271 e. The van der Waals surface area contributed by atoms with Crippen molar-refractivity contribution in [1.82, 2.24) is 5.43 Å². The zero-order chi connectivity index (χ0) is 14.5. The lowest BCUT2D eigenvalue weighted by Crippen LogP contribution is -2.29. The number of hydrogen-bond donors (Lipinski definition) is 2. The van der Waals surface area contributed by atoms with Gasteiger partial charge < -0.3 is 0 Å². The van der Waals surface area contributed by atoms with E-state index in [1.807, 2.05) is 13.0 Å². The van der Waals surface area contributed by atoms with Crippen molar-refractivity contribution in [2.45, 2.75) is 17.9 Å². The van der Waals surface area contributed by atoms with Gasteiger partial charge in [0.2, 0.25) is 0 Å². The lowest BCUT2D eigenvalue weighted by atomic mass is 10.1. The predicted octanol–water partition coefficient (Wildman–Crippen LogP) is 3.57. The quantitative estimate of drug-likeness (QED) is 0.503. The molecule has 106 valence electrons. The summed E-state index contributed by atoms with van der Waals surface area (Å²) in [5.74, 6) is 5.49. The van der Waals surface area contributed by atoms with E-state index in [1.165, 1.54) is 30.0 Å². The molecule has 0 saturated heterocycles. The lowest BCUT2D eigenvalue weighted by Gasteiger charge is -2.17. The molecule has 1 unspecified atom stereocenters. The molecule has 0 aliphatic rings. The summed E-state index contributed by atoms with van der Waals surface area (Å²) >= 11 is 1.35. The molecule has 0 saturated carbocycles. The largest absolute Gasteiger partial charge is 0.271 e. The smallest absolute Gasteiger partial charge is 0.136 e. The fourth-order valence-corrected chi connectivity index (χ4v) is 2.96. The Hall–Kier alpha value is -1.43. The van der Waals surface area contributed by atoms with Crippen LogP contribution in [-0.2, 0) is 0 Å². The molecule has 1 atom stereocenters. The highest BCUT2D eigenvalue weighted by atomic mass is 32.2. The van der Waals surface area contributed by atoms with Gasteiger partial charge in [-0.25, -0.2) is 8.78 Å². The van der Waals surface area contributed by atoms with Crippen molar-refractivity contribution in [3.05, 3.63) is 65.2 Å². The first-order chi connectivity index (χ1) is 9.60. The minimum atomic E-state index is -0.295. The Morgan fingerprint density at radius 1 is 1.20 bits per heavy atom. The second kappa shape index (κ2) is 6.83. The highest BCUT2D eigenvalue weighted by Gasteiger charge is 2.13. The van der Waals surface area contributed by atoms with E-state index in [9.17, 15) is 8.78 Å². The third kappa shape index (κ3) is 3.79. The van der Waals surface area contributed by atoms with Gasteiger partial charge in [-0.3, -0.25) is 11.3 Å². The van der Waals surface area contributed by atoms with Gasteiger partial charge in [0.05, 0.1) is 6.04 Å². The highest BCUT2D eigenvalue weighted by Crippen LogP contribution is 2.27. The average molecular weight is 294 g/mol. The van der Waals surface area contributed by atoms with Crippen molar-refractivity contribution in [2.24, 2.45) is 5.84 Å². The van der Waals surface area contributed by atoms with Crippen molar-refractivity contribution in [2.75, 3.05) is 5.75 Å². The molecule has 2 aromatic rings. The van der Waals surface area contributed by atoms with Crippen molar-refractivity contribution < 1.29 is 8.78 Å². The molecule has 0 spiro atoms. The summed E-state index contributed by atoms with van der Waals surface area (Å²) in [4.78, 5) is 0.556. The van der Waals surface area contributed by atoms with Gasteiger partial charge in [0, 0.05) is 10.6 Å². The molecule has 0 radical (unpaired) electrons. The molecular weight excluding hydrogens is 278 g/mol. The van der Waals surface area contributed by atoms with Crippen LogP contribution in [0.1, 0.15) is 17.2 Å². The van der Waals surface area contributed by atoms with Crippen LogP contribution in [0.3, 0.4) is 0 Å². The zero-order valence-corrected chi connectivity index (χ0v) is 11.9. The van der Waals surface area contributed by atoms with Crippen molar-refractivity contribution in [1.29, 1.82) is 0 Å². The van der Waals surface area contributed by atoms with Crippen LogP contribution in [0.2, 0.25) is 0 Å². The van der Waals surface area contributed by atoms with Gasteiger partial charge in [-0.05, 0) is 42.3 Å². The molecule has 0 heterocycles. The zero-order valence-electron chi connectivity index (χ0n) is 11.1. The number of nitrogens with one attached hydrogen (secondary N) is 1. The average Bonchev–Trinajstić information content (AvgIpc) is 2.40. The second-order valence-electron chi connectivity index (χ2n) is 4.52. The molecule has 0 fully saturated rings. The molecule has 3 N–H and O–H groups in total. The Morgan fingerprint density at radius 3 is 2.60 bits per heavy atom. The van der Waals surface area contributed by atoms with Gasteiger partial charge in [-0.1, -0.05) is 18.2 Å². The number of nitrogens with two attached hydrogens (primary N) is 1. The van der Waals surface area contributed by atoms with Crippen LogP contribution in [0.25, 0.3) is 0 Å². The highest BCUT2D eigenvalue weighted by molar-refractivity contribution is 7.99. The first kappa shape index (κ1) is 15.0. The van der Waals surface area contributed by atoms with Gasteiger partial charge in [-0.2, -0.15) is 0 Å². The maximum Gasteiger partial charge on any atom is 0.136 e. The lowest BCUT2D eigenvalue weighted by molar-refractivity contribution is 0.586. The van der Waals surface area contributed by atoms with Crippen molar-refractivity contribution >= 4 is 11.8 Å². The monoisotopic (exact) mass is 294 g/mol. The van der Waals surface area contributed by atoms with E-state index in [0.717, 1.165) is 11.1 Å². The van der Waals surface area contributed by atoms with Gasteiger partial charge in [0.1, 0.15) is 11.6 Å². The van der Waals surface area contributed by atoms with Gasteiger partial charge in [0.25, 0.3) is 0 Å². The molecule has 0 bridgehead atoms. The summed E-state index contributed by atoms with van der Waals surface area (Å²) in [5.41, 5.74) is 4.24.